The first-order chi connectivity index (χ1) is 23.9. The van der Waals surface area contributed by atoms with Crippen LogP contribution in [0.25, 0.3) is 56.1 Å². The van der Waals surface area contributed by atoms with Gasteiger partial charge in [0.2, 0.25) is 0 Å². The van der Waals surface area contributed by atoms with Crippen molar-refractivity contribution in [2.75, 3.05) is 0 Å². The van der Waals surface area contributed by atoms with Crippen LogP contribution in [0, 0.1) is 5.82 Å². The maximum atomic E-state index is 13.4. The highest BCUT2D eigenvalue weighted by molar-refractivity contribution is 6.42. The number of hydrogen-bond acceptors (Lipinski definition) is 4. The van der Waals surface area contributed by atoms with E-state index in [1.54, 1.807) is 12.1 Å². The third-order valence-corrected chi connectivity index (χ3v) is 8.86. The molecule has 4 aromatic heterocycles. The molecule has 0 spiro atoms. The van der Waals surface area contributed by atoms with Gasteiger partial charge in [-0.2, -0.15) is 0 Å². The van der Waals surface area contributed by atoms with Crippen molar-refractivity contribution < 1.29 is 14.6 Å². The van der Waals surface area contributed by atoms with E-state index in [1.807, 2.05) is 125 Å². The van der Waals surface area contributed by atoms with E-state index in [0.29, 0.717) is 10.0 Å². The van der Waals surface area contributed by atoms with E-state index in [9.17, 15) is 14.6 Å². The third-order valence-electron chi connectivity index (χ3n) is 8.12. The second-order valence-corrected chi connectivity index (χ2v) is 12.3. The van der Waals surface area contributed by atoms with E-state index < -0.39 is 0 Å². The maximum Gasteiger partial charge on any atom is 0.137 e. The second-order valence-electron chi connectivity index (χ2n) is 11.5. The molecule has 8 rings (SSSR count). The van der Waals surface area contributed by atoms with Crippen molar-refractivity contribution >= 4 is 34.5 Å². The first-order valence-corrected chi connectivity index (χ1v) is 16.2. The molecule has 0 aliphatic rings. The van der Waals surface area contributed by atoms with Crippen molar-refractivity contribution in [1.29, 1.82) is 0 Å². The average molecular weight is 688 g/mol. The molecule has 8 aromatic rings. The number of nitrogens with zero attached hydrogens (tertiary/aromatic N) is 4. The number of pyridine rings is 2. The van der Waals surface area contributed by atoms with Gasteiger partial charge in [-0.15, -0.1) is 0 Å². The van der Waals surface area contributed by atoms with E-state index in [4.69, 9.17) is 23.2 Å². The smallest absolute Gasteiger partial charge is 0.137 e. The van der Waals surface area contributed by atoms with Crippen LogP contribution in [0.2, 0.25) is 10.0 Å². The summed E-state index contributed by atoms with van der Waals surface area (Å²) >= 11 is 12.1. The Hall–Kier alpha value is -5.31. The summed E-state index contributed by atoms with van der Waals surface area (Å²) < 4.78 is 17.3. The summed E-state index contributed by atoms with van der Waals surface area (Å²) in [5, 5.41) is 19.6. The first-order valence-electron chi connectivity index (χ1n) is 15.5. The summed E-state index contributed by atoms with van der Waals surface area (Å²) in [6.45, 7) is 0.0491. The van der Waals surface area contributed by atoms with Crippen LogP contribution in [0.1, 0.15) is 11.1 Å². The van der Waals surface area contributed by atoms with Gasteiger partial charge in [0, 0.05) is 35.9 Å². The SMILES string of the molecule is OCc1cccc(-c2ccc3nc(-c4ccc(Cl)c(Cl)c4)cn3c2)c1.OCc1cccc(-c2ccc3nc(-c4cccc(F)c4)cn3c2)c1. The minimum Gasteiger partial charge on any atom is -0.392 e. The van der Waals surface area contributed by atoms with Gasteiger partial charge in [-0.05, 0) is 94.0 Å². The van der Waals surface area contributed by atoms with Crippen molar-refractivity contribution in [2.24, 2.45) is 0 Å². The van der Waals surface area contributed by atoms with Gasteiger partial charge in [0.05, 0.1) is 34.6 Å². The molecule has 0 atom stereocenters. The van der Waals surface area contributed by atoms with Crippen molar-refractivity contribution in [3.63, 3.8) is 0 Å². The van der Waals surface area contributed by atoms with E-state index in [1.165, 1.54) is 12.1 Å². The summed E-state index contributed by atoms with van der Waals surface area (Å²) in [5.41, 5.74) is 10.8. The molecule has 2 N–H and O–H groups in total. The predicted octanol–water partition coefficient (Wildman–Crippen LogP) is 9.77. The highest BCUT2D eigenvalue weighted by atomic mass is 35.5. The van der Waals surface area contributed by atoms with Crippen molar-refractivity contribution in [1.82, 2.24) is 18.8 Å². The average Bonchev–Trinajstić information content (AvgIpc) is 3.77. The number of benzene rings is 4. The summed E-state index contributed by atoms with van der Waals surface area (Å²) in [6, 6.07) is 35.5. The Morgan fingerprint density at radius 2 is 0.980 bits per heavy atom. The lowest BCUT2D eigenvalue weighted by Crippen LogP contribution is -1.87. The van der Waals surface area contributed by atoms with Gasteiger partial charge in [0.15, 0.2) is 0 Å². The second kappa shape index (κ2) is 14.0. The first kappa shape index (κ1) is 32.2. The molecule has 49 heavy (non-hydrogen) atoms. The van der Waals surface area contributed by atoms with Gasteiger partial charge in [0.1, 0.15) is 17.1 Å². The van der Waals surface area contributed by atoms with Crippen LogP contribution >= 0.6 is 23.2 Å². The van der Waals surface area contributed by atoms with Crippen LogP contribution in [-0.2, 0) is 13.2 Å². The molecule has 0 radical (unpaired) electrons. The number of aliphatic hydroxyl groups is 2. The standard InChI is InChI=1S/C20H14Cl2N2O.C20H15FN2O/c21-17-6-4-15(9-18(17)22)19-11-24-10-16(5-7-20(24)23-19)14-3-1-2-13(8-14)12-25;21-18-6-2-5-16(10-18)19-12-23-11-17(7-8-20(23)22-19)15-4-1-3-14(9-15)13-24/h1-11,25H,12H2;1-12,24H,13H2. The zero-order valence-electron chi connectivity index (χ0n) is 26.0. The van der Waals surface area contributed by atoms with Gasteiger partial charge in [-0.1, -0.05) is 77.8 Å². The minimum atomic E-state index is -0.272. The summed E-state index contributed by atoms with van der Waals surface area (Å²) in [7, 11) is 0. The lowest BCUT2D eigenvalue weighted by molar-refractivity contribution is 0.281. The Balaban J connectivity index is 0.000000154. The Labute approximate surface area is 291 Å². The number of halogens is 3. The number of hydrogen-bond donors (Lipinski definition) is 2. The van der Waals surface area contributed by atoms with Gasteiger partial charge in [-0.3, -0.25) is 0 Å². The molecule has 0 aliphatic carbocycles. The molecule has 242 valence electrons. The largest absolute Gasteiger partial charge is 0.392 e. The number of rotatable bonds is 6. The maximum absolute atomic E-state index is 13.4. The molecule has 4 heterocycles. The van der Waals surface area contributed by atoms with Crippen molar-refractivity contribution in [3.8, 4) is 44.8 Å². The van der Waals surface area contributed by atoms with Crippen LogP contribution in [0.3, 0.4) is 0 Å². The molecule has 0 saturated carbocycles. The molecule has 6 nitrogen and oxygen atoms in total. The number of imidazole rings is 2. The van der Waals surface area contributed by atoms with Crippen molar-refractivity contribution in [3.05, 3.63) is 167 Å². The molecule has 9 heteroatoms. The van der Waals surface area contributed by atoms with E-state index in [0.717, 1.165) is 67.2 Å². The van der Waals surface area contributed by atoms with E-state index in [-0.39, 0.29) is 19.0 Å². The number of aromatic nitrogens is 4. The fourth-order valence-electron chi connectivity index (χ4n) is 5.61. The Kier molecular flexibility index (Phi) is 9.24. The molecule has 0 unspecified atom stereocenters. The molecule has 0 fully saturated rings. The van der Waals surface area contributed by atoms with Crippen molar-refractivity contribution in [2.45, 2.75) is 13.2 Å². The third kappa shape index (κ3) is 7.11. The molecule has 0 bridgehead atoms. The van der Waals surface area contributed by atoms with Gasteiger partial charge in [-0.25, -0.2) is 14.4 Å². The highest BCUT2D eigenvalue weighted by Crippen LogP contribution is 2.30. The zero-order chi connectivity index (χ0) is 33.9. The molecule has 0 amide bonds. The lowest BCUT2D eigenvalue weighted by atomic mass is 10.1. The van der Waals surface area contributed by atoms with E-state index in [2.05, 4.69) is 9.97 Å². The fourth-order valence-corrected chi connectivity index (χ4v) is 5.90. The number of fused-ring (bicyclic) bond motifs is 2. The summed E-state index contributed by atoms with van der Waals surface area (Å²) in [5.74, 6) is -0.272. The molecular weight excluding hydrogens is 658 g/mol. The van der Waals surface area contributed by atoms with Crippen LogP contribution in [0.5, 0.6) is 0 Å². The molecule has 0 saturated heterocycles. The minimum absolute atomic E-state index is 0.0187. The predicted molar refractivity (Wildman–Crippen MR) is 194 cm³/mol. The number of aliphatic hydroxyl groups excluding tert-OH is 2. The summed E-state index contributed by atoms with van der Waals surface area (Å²) in [6.07, 6.45) is 7.87. The zero-order valence-corrected chi connectivity index (χ0v) is 27.5. The van der Waals surface area contributed by atoms with E-state index >= 15 is 0 Å². The van der Waals surface area contributed by atoms with Gasteiger partial charge < -0.3 is 19.0 Å². The molecule has 0 aliphatic heterocycles. The monoisotopic (exact) mass is 686 g/mol. The fraction of sp³-hybridized carbons (Fsp3) is 0.0500. The highest BCUT2D eigenvalue weighted by Gasteiger charge is 2.09. The topological polar surface area (TPSA) is 75.1 Å². The Morgan fingerprint density at radius 1 is 0.490 bits per heavy atom. The summed E-state index contributed by atoms with van der Waals surface area (Å²) in [4.78, 5) is 9.19. The van der Waals surface area contributed by atoms with Crippen LogP contribution in [0.15, 0.2) is 140 Å². The normalized spacial score (nSPS) is 11.1. The Morgan fingerprint density at radius 3 is 1.49 bits per heavy atom. The quantitative estimate of drug-likeness (QED) is 0.183. The lowest BCUT2D eigenvalue weighted by Gasteiger charge is -2.04. The van der Waals surface area contributed by atoms with Crippen LogP contribution in [-0.4, -0.2) is 29.0 Å². The van der Waals surface area contributed by atoms with Crippen LogP contribution in [0.4, 0.5) is 4.39 Å². The van der Waals surface area contributed by atoms with Gasteiger partial charge in [0.25, 0.3) is 0 Å². The molecular formula is C40H29Cl2FN4O2. The molecule has 4 aromatic carbocycles. The van der Waals surface area contributed by atoms with Gasteiger partial charge >= 0.3 is 0 Å². The Bertz CT molecular complexity index is 2440. The van der Waals surface area contributed by atoms with Crippen LogP contribution < -0.4 is 0 Å².